The zero-order chi connectivity index (χ0) is 8.97. The Morgan fingerprint density at radius 3 is 2.92 bits per heavy atom. The van der Waals surface area contributed by atoms with Gasteiger partial charge >= 0.3 is 0 Å². The highest BCUT2D eigenvalue weighted by Gasteiger charge is 2.00. The van der Waals surface area contributed by atoms with Crippen molar-refractivity contribution in [3.8, 4) is 0 Å². The largest absolute Gasteiger partial charge is 0.297 e. The summed E-state index contributed by atoms with van der Waals surface area (Å²) in [5, 5.41) is 2.04. The number of thiophene rings is 1. The molecule has 1 aromatic heterocycles. The van der Waals surface area contributed by atoms with E-state index in [4.69, 9.17) is 0 Å². The molecule has 0 saturated heterocycles. The molecule has 0 aromatic carbocycles. The smallest absolute Gasteiger partial charge is 0.160 e. The van der Waals surface area contributed by atoms with Gasteiger partial charge in [-0.2, -0.15) is 0 Å². The second-order valence-electron chi connectivity index (χ2n) is 3.01. The number of aldehydes is 1. The Morgan fingerprint density at radius 1 is 1.67 bits per heavy atom. The van der Waals surface area contributed by atoms with E-state index in [0.29, 0.717) is 5.92 Å². The van der Waals surface area contributed by atoms with Crippen molar-refractivity contribution in [2.45, 2.75) is 18.7 Å². The summed E-state index contributed by atoms with van der Waals surface area (Å²) in [6, 6.07) is 1.95. The molecule has 0 bridgehead atoms. The summed E-state index contributed by atoms with van der Waals surface area (Å²) in [7, 11) is 0. The second kappa shape index (κ2) is 4.67. The Bertz CT molecular complexity index is 253. The van der Waals surface area contributed by atoms with Gasteiger partial charge in [0, 0.05) is 16.0 Å². The van der Waals surface area contributed by atoms with Crippen LogP contribution in [0, 0.1) is 5.92 Å². The molecule has 0 atom stereocenters. The van der Waals surface area contributed by atoms with Gasteiger partial charge < -0.3 is 0 Å². The molecule has 0 amide bonds. The van der Waals surface area contributed by atoms with Crippen LogP contribution in [0.5, 0.6) is 0 Å². The normalized spacial score (nSPS) is 10.6. The summed E-state index contributed by atoms with van der Waals surface area (Å²) >= 11 is 3.33. The van der Waals surface area contributed by atoms with Crippen LogP contribution in [0.3, 0.4) is 0 Å². The molecule has 0 saturated carbocycles. The maximum atomic E-state index is 10.4. The van der Waals surface area contributed by atoms with E-state index in [-0.39, 0.29) is 0 Å². The van der Waals surface area contributed by atoms with Gasteiger partial charge in [0.05, 0.1) is 4.88 Å². The van der Waals surface area contributed by atoms with Crippen molar-refractivity contribution in [2.24, 2.45) is 5.92 Å². The second-order valence-corrected chi connectivity index (χ2v) is 5.04. The number of rotatable bonds is 4. The molecule has 66 valence electrons. The maximum Gasteiger partial charge on any atom is 0.160 e. The lowest BCUT2D eigenvalue weighted by molar-refractivity contribution is 0.112. The average molecular weight is 200 g/mol. The van der Waals surface area contributed by atoms with Gasteiger partial charge in [0.15, 0.2) is 6.29 Å². The van der Waals surface area contributed by atoms with Gasteiger partial charge in [0.1, 0.15) is 0 Å². The van der Waals surface area contributed by atoms with Crippen molar-refractivity contribution in [2.75, 3.05) is 5.75 Å². The van der Waals surface area contributed by atoms with E-state index in [1.165, 1.54) is 16.2 Å². The zero-order valence-electron chi connectivity index (χ0n) is 7.24. The van der Waals surface area contributed by atoms with Crippen molar-refractivity contribution >= 4 is 29.4 Å². The highest BCUT2D eigenvalue weighted by atomic mass is 32.2. The van der Waals surface area contributed by atoms with Crippen molar-refractivity contribution in [3.63, 3.8) is 0 Å². The number of hydrogen-bond acceptors (Lipinski definition) is 3. The minimum Gasteiger partial charge on any atom is -0.297 e. The Hall–Kier alpha value is -0.280. The topological polar surface area (TPSA) is 17.1 Å². The van der Waals surface area contributed by atoms with Crippen LogP contribution in [-0.4, -0.2) is 12.0 Å². The Balaban J connectivity index is 2.47. The Kier molecular flexibility index (Phi) is 3.82. The standard InChI is InChI=1S/C9H12OS2/c1-7(2)5-11-9-3-8(4-10)12-6-9/h3-4,6-7H,5H2,1-2H3. The van der Waals surface area contributed by atoms with E-state index in [1.807, 2.05) is 23.2 Å². The van der Waals surface area contributed by atoms with E-state index in [1.54, 1.807) is 0 Å². The molecule has 1 rings (SSSR count). The van der Waals surface area contributed by atoms with E-state index < -0.39 is 0 Å². The van der Waals surface area contributed by atoms with Gasteiger partial charge in [-0.15, -0.1) is 23.1 Å². The minimum atomic E-state index is 0.703. The summed E-state index contributed by atoms with van der Waals surface area (Å²) in [6.45, 7) is 4.39. The van der Waals surface area contributed by atoms with Crippen molar-refractivity contribution in [1.82, 2.24) is 0 Å². The quantitative estimate of drug-likeness (QED) is 0.548. The van der Waals surface area contributed by atoms with Crippen molar-refractivity contribution in [1.29, 1.82) is 0 Å². The molecule has 1 heterocycles. The molecule has 0 aliphatic rings. The van der Waals surface area contributed by atoms with Crippen LogP contribution >= 0.6 is 23.1 Å². The zero-order valence-corrected chi connectivity index (χ0v) is 8.87. The molecule has 0 N–H and O–H groups in total. The summed E-state index contributed by atoms with van der Waals surface area (Å²) in [6.07, 6.45) is 0.907. The lowest BCUT2D eigenvalue weighted by Gasteiger charge is -2.00. The summed E-state index contributed by atoms with van der Waals surface area (Å²) < 4.78 is 0. The summed E-state index contributed by atoms with van der Waals surface area (Å²) in [4.78, 5) is 12.4. The van der Waals surface area contributed by atoms with Crippen LogP contribution in [-0.2, 0) is 0 Å². The van der Waals surface area contributed by atoms with Gasteiger partial charge in [0.25, 0.3) is 0 Å². The molecule has 0 aliphatic carbocycles. The lowest BCUT2D eigenvalue weighted by Crippen LogP contribution is -1.88. The number of thioether (sulfide) groups is 1. The highest BCUT2D eigenvalue weighted by molar-refractivity contribution is 7.99. The van der Waals surface area contributed by atoms with E-state index in [2.05, 4.69) is 13.8 Å². The van der Waals surface area contributed by atoms with Gasteiger partial charge in [0.2, 0.25) is 0 Å². The molecule has 0 fully saturated rings. The molecule has 0 radical (unpaired) electrons. The first kappa shape index (κ1) is 9.81. The van der Waals surface area contributed by atoms with Crippen LogP contribution < -0.4 is 0 Å². The van der Waals surface area contributed by atoms with E-state index in [9.17, 15) is 4.79 Å². The summed E-state index contributed by atoms with van der Waals surface area (Å²) in [5.74, 6) is 1.82. The predicted molar refractivity (Wildman–Crippen MR) is 55.3 cm³/mol. The molecule has 0 aliphatic heterocycles. The Morgan fingerprint density at radius 2 is 2.42 bits per heavy atom. The molecular formula is C9H12OS2. The molecule has 12 heavy (non-hydrogen) atoms. The number of hydrogen-bond donors (Lipinski definition) is 0. The van der Waals surface area contributed by atoms with Crippen LogP contribution in [0.4, 0.5) is 0 Å². The van der Waals surface area contributed by atoms with Crippen LogP contribution in [0.1, 0.15) is 23.5 Å². The fourth-order valence-corrected chi connectivity index (χ4v) is 2.53. The summed E-state index contributed by atoms with van der Waals surface area (Å²) in [5.41, 5.74) is 0. The first-order chi connectivity index (χ1) is 5.72. The molecule has 0 unspecified atom stereocenters. The molecule has 0 spiro atoms. The van der Waals surface area contributed by atoms with Gasteiger partial charge in [-0.3, -0.25) is 4.79 Å². The van der Waals surface area contributed by atoms with Crippen LogP contribution in [0.2, 0.25) is 0 Å². The van der Waals surface area contributed by atoms with E-state index in [0.717, 1.165) is 16.9 Å². The Labute approximate surface area is 81.2 Å². The molecule has 3 heteroatoms. The third kappa shape index (κ3) is 2.99. The van der Waals surface area contributed by atoms with Gasteiger partial charge in [-0.25, -0.2) is 0 Å². The fraction of sp³-hybridized carbons (Fsp3) is 0.444. The van der Waals surface area contributed by atoms with Gasteiger partial charge in [-0.1, -0.05) is 13.8 Å². The molecule has 1 aromatic rings. The average Bonchev–Trinajstić information content (AvgIpc) is 2.48. The third-order valence-electron chi connectivity index (χ3n) is 1.30. The van der Waals surface area contributed by atoms with Crippen LogP contribution in [0.15, 0.2) is 16.3 Å². The molecular weight excluding hydrogens is 188 g/mol. The SMILES string of the molecule is CC(C)CSc1csc(C=O)c1. The van der Waals surface area contributed by atoms with Gasteiger partial charge in [-0.05, 0) is 12.0 Å². The monoisotopic (exact) mass is 200 g/mol. The first-order valence-corrected chi connectivity index (χ1v) is 5.75. The van der Waals surface area contributed by atoms with Crippen LogP contribution in [0.25, 0.3) is 0 Å². The number of carbonyl (C=O) groups is 1. The fourth-order valence-electron chi connectivity index (χ4n) is 0.735. The maximum absolute atomic E-state index is 10.4. The minimum absolute atomic E-state index is 0.703. The molecule has 1 nitrogen and oxygen atoms in total. The first-order valence-electron chi connectivity index (χ1n) is 3.89. The number of carbonyl (C=O) groups excluding carboxylic acids is 1. The lowest BCUT2D eigenvalue weighted by atomic mass is 10.3. The van der Waals surface area contributed by atoms with Crippen molar-refractivity contribution < 1.29 is 4.79 Å². The highest BCUT2D eigenvalue weighted by Crippen LogP contribution is 2.25. The van der Waals surface area contributed by atoms with Crippen molar-refractivity contribution in [3.05, 3.63) is 16.3 Å². The third-order valence-corrected chi connectivity index (χ3v) is 3.70. The predicted octanol–water partition coefficient (Wildman–Crippen LogP) is 3.31. The van der Waals surface area contributed by atoms with E-state index >= 15 is 0 Å².